The van der Waals surface area contributed by atoms with E-state index in [0.29, 0.717) is 12.0 Å². The second kappa shape index (κ2) is 7.79. The molecule has 3 aliphatic carbocycles. The molecule has 1 aromatic carbocycles. The fraction of sp³-hybridized carbons (Fsp3) is 0.750. The fourth-order valence-electron chi connectivity index (χ4n) is 6.33. The monoisotopic (exact) mass is 378 g/mol. The van der Waals surface area contributed by atoms with Crippen molar-refractivity contribution in [2.45, 2.75) is 89.9 Å². The molecule has 0 N–H and O–H groups in total. The first-order chi connectivity index (χ1) is 13.0. The molecule has 3 aliphatic rings. The molecule has 0 heterocycles. The number of halogens is 3. The highest BCUT2D eigenvalue weighted by Crippen LogP contribution is 2.54. The van der Waals surface area contributed by atoms with Gasteiger partial charge in [-0.25, -0.2) is 13.2 Å². The molecule has 2 saturated carbocycles. The largest absolute Gasteiger partial charge is 0.279 e. The Hall–Kier alpha value is -0.990. The van der Waals surface area contributed by atoms with Crippen LogP contribution < -0.4 is 0 Å². The van der Waals surface area contributed by atoms with Gasteiger partial charge in [-0.2, -0.15) is 0 Å². The van der Waals surface area contributed by atoms with Crippen molar-refractivity contribution in [2.24, 2.45) is 23.7 Å². The molecule has 0 spiro atoms. The van der Waals surface area contributed by atoms with Crippen molar-refractivity contribution in [3.05, 3.63) is 34.6 Å². The Balaban J connectivity index is 1.46. The summed E-state index contributed by atoms with van der Waals surface area (Å²) >= 11 is 0. The molecule has 0 radical (unpaired) electrons. The molecule has 0 bridgehead atoms. The van der Waals surface area contributed by atoms with Crippen molar-refractivity contribution >= 4 is 0 Å². The maximum Gasteiger partial charge on any atom is 0.279 e. The lowest BCUT2D eigenvalue weighted by Gasteiger charge is -2.39. The third kappa shape index (κ3) is 3.68. The van der Waals surface area contributed by atoms with E-state index in [9.17, 15) is 4.39 Å². The molecule has 1 aromatic rings. The third-order valence-electron chi connectivity index (χ3n) is 7.71. The Kier molecular flexibility index (Phi) is 5.58. The van der Waals surface area contributed by atoms with Gasteiger partial charge in [0, 0.05) is 5.92 Å². The zero-order valence-corrected chi connectivity index (χ0v) is 16.6. The summed E-state index contributed by atoms with van der Waals surface area (Å²) in [7, 11) is 0. The SMILES string of the molecule is CCCc1cc(F)c2c(c1)CC(C1CCC(C3CCCCC3)CC1)C2(F)F. The van der Waals surface area contributed by atoms with Gasteiger partial charge in [0.25, 0.3) is 5.92 Å². The van der Waals surface area contributed by atoms with Gasteiger partial charge in [0.05, 0.1) is 5.56 Å². The average molecular weight is 379 g/mol. The van der Waals surface area contributed by atoms with Crippen LogP contribution in [0.4, 0.5) is 13.2 Å². The number of hydrogen-bond donors (Lipinski definition) is 0. The van der Waals surface area contributed by atoms with Crippen molar-refractivity contribution in [3.63, 3.8) is 0 Å². The van der Waals surface area contributed by atoms with Gasteiger partial charge in [0.1, 0.15) is 5.82 Å². The van der Waals surface area contributed by atoms with Gasteiger partial charge in [-0.15, -0.1) is 0 Å². The first-order valence-electron chi connectivity index (χ1n) is 11.2. The van der Waals surface area contributed by atoms with Crippen LogP contribution in [0, 0.1) is 29.5 Å². The molecule has 0 aromatic heterocycles. The van der Waals surface area contributed by atoms with Crippen LogP contribution in [-0.2, 0) is 18.8 Å². The Morgan fingerprint density at radius 1 is 0.889 bits per heavy atom. The number of aryl methyl sites for hydroxylation is 1. The van der Waals surface area contributed by atoms with E-state index in [1.807, 2.05) is 13.0 Å². The maximum atomic E-state index is 15.2. The van der Waals surface area contributed by atoms with Crippen molar-refractivity contribution in [1.29, 1.82) is 0 Å². The van der Waals surface area contributed by atoms with E-state index in [-0.39, 0.29) is 11.5 Å². The second-order valence-corrected chi connectivity index (χ2v) is 9.37. The molecule has 2 fully saturated rings. The van der Waals surface area contributed by atoms with Crippen molar-refractivity contribution < 1.29 is 13.2 Å². The van der Waals surface area contributed by atoms with Crippen LogP contribution in [0.3, 0.4) is 0 Å². The molecule has 0 amide bonds. The standard InChI is InChI=1S/C24H33F3/c1-2-6-16-13-20-15-21(24(26,27)23(20)22(25)14-16)19-11-9-18(10-12-19)17-7-4-3-5-8-17/h13-14,17-19,21H,2-12,15H2,1H3. The number of fused-ring (bicyclic) bond motifs is 1. The molecular weight excluding hydrogens is 345 g/mol. The van der Waals surface area contributed by atoms with Crippen LogP contribution in [0.1, 0.15) is 87.8 Å². The van der Waals surface area contributed by atoms with Crippen LogP contribution >= 0.6 is 0 Å². The Labute approximate surface area is 161 Å². The van der Waals surface area contributed by atoms with Gasteiger partial charge in [0.2, 0.25) is 0 Å². The third-order valence-corrected chi connectivity index (χ3v) is 7.71. The molecule has 1 atom stereocenters. The van der Waals surface area contributed by atoms with Crippen molar-refractivity contribution in [2.75, 3.05) is 0 Å². The van der Waals surface area contributed by atoms with Gasteiger partial charge in [-0.05, 0) is 73.5 Å². The minimum absolute atomic E-state index is 0.0428. The summed E-state index contributed by atoms with van der Waals surface area (Å²) in [6, 6.07) is 3.20. The summed E-state index contributed by atoms with van der Waals surface area (Å²) in [6.07, 6.45) is 12.8. The van der Waals surface area contributed by atoms with Crippen molar-refractivity contribution in [1.82, 2.24) is 0 Å². The Morgan fingerprint density at radius 2 is 1.52 bits per heavy atom. The van der Waals surface area contributed by atoms with Gasteiger partial charge in [-0.1, -0.05) is 51.5 Å². The van der Waals surface area contributed by atoms with E-state index >= 15 is 8.78 Å². The van der Waals surface area contributed by atoms with E-state index < -0.39 is 17.7 Å². The van der Waals surface area contributed by atoms with Crippen molar-refractivity contribution in [3.8, 4) is 0 Å². The minimum Gasteiger partial charge on any atom is -0.206 e. The lowest BCUT2D eigenvalue weighted by Crippen LogP contribution is -2.33. The van der Waals surface area contributed by atoms with E-state index in [0.717, 1.165) is 55.9 Å². The van der Waals surface area contributed by atoms with E-state index in [1.54, 1.807) is 0 Å². The van der Waals surface area contributed by atoms with Crippen LogP contribution in [0.2, 0.25) is 0 Å². The average Bonchev–Trinajstić information content (AvgIpc) is 2.94. The van der Waals surface area contributed by atoms with Crippen LogP contribution in [-0.4, -0.2) is 0 Å². The predicted octanol–water partition coefficient (Wildman–Crippen LogP) is 7.43. The number of benzene rings is 1. The predicted molar refractivity (Wildman–Crippen MR) is 104 cm³/mol. The Bertz CT molecular complexity index is 652. The highest BCUT2D eigenvalue weighted by atomic mass is 19.3. The normalized spacial score (nSPS) is 31.0. The molecule has 3 heteroatoms. The van der Waals surface area contributed by atoms with E-state index in [2.05, 4.69) is 0 Å². The summed E-state index contributed by atoms with van der Waals surface area (Å²) in [5.74, 6) is -2.78. The van der Waals surface area contributed by atoms with Gasteiger partial charge in [-0.3, -0.25) is 0 Å². The molecule has 1 unspecified atom stereocenters. The summed E-state index contributed by atoms with van der Waals surface area (Å²) in [6.45, 7) is 2.04. The molecule has 27 heavy (non-hydrogen) atoms. The maximum absolute atomic E-state index is 15.2. The van der Waals surface area contributed by atoms with Crippen LogP contribution in [0.25, 0.3) is 0 Å². The minimum atomic E-state index is -3.01. The summed E-state index contributed by atoms with van der Waals surface area (Å²) in [5.41, 5.74) is 1.15. The highest BCUT2D eigenvalue weighted by molar-refractivity contribution is 5.41. The first-order valence-corrected chi connectivity index (χ1v) is 11.2. The molecule has 0 nitrogen and oxygen atoms in total. The number of hydrogen-bond acceptors (Lipinski definition) is 0. The van der Waals surface area contributed by atoms with Crippen LogP contribution in [0.5, 0.6) is 0 Å². The van der Waals surface area contributed by atoms with Gasteiger partial charge >= 0.3 is 0 Å². The quantitative estimate of drug-likeness (QED) is 0.511. The smallest absolute Gasteiger partial charge is 0.206 e. The zero-order chi connectivity index (χ0) is 19.0. The molecule has 4 rings (SSSR count). The van der Waals surface area contributed by atoms with E-state index in [1.165, 1.54) is 38.2 Å². The topological polar surface area (TPSA) is 0 Å². The second-order valence-electron chi connectivity index (χ2n) is 9.37. The molecular formula is C24H33F3. The lowest BCUT2D eigenvalue weighted by atomic mass is 9.68. The van der Waals surface area contributed by atoms with Crippen LogP contribution in [0.15, 0.2) is 12.1 Å². The molecule has 150 valence electrons. The number of alkyl halides is 2. The highest BCUT2D eigenvalue weighted by Gasteiger charge is 2.53. The Morgan fingerprint density at radius 3 is 2.19 bits per heavy atom. The zero-order valence-electron chi connectivity index (χ0n) is 16.6. The summed E-state index contributed by atoms with van der Waals surface area (Å²) < 4.78 is 44.9. The van der Waals surface area contributed by atoms with E-state index in [4.69, 9.17) is 0 Å². The summed E-state index contributed by atoms with van der Waals surface area (Å²) in [4.78, 5) is 0. The first kappa shape index (κ1) is 19.3. The van der Waals surface area contributed by atoms with Gasteiger partial charge in [0.15, 0.2) is 0 Å². The van der Waals surface area contributed by atoms with Gasteiger partial charge < -0.3 is 0 Å². The number of rotatable bonds is 4. The fourth-order valence-corrected chi connectivity index (χ4v) is 6.33. The molecule has 0 saturated heterocycles. The summed E-state index contributed by atoms with van der Waals surface area (Å²) in [5, 5.41) is 0. The lowest BCUT2D eigenvalue weighted by molar-refractivity contribution is -0.0852. The molecule has 0 aliphatic heterocycles.